The van der Waals surface area contributed by atoms with Gasteiger partial charge < -0.3 is 5.11 Å². The second kappa shape index (κ2) is 5.37. The number of sulfonamides is 1. The Hall–Kier alpha value is -2.08. The van der Waals surface area contributed by atoms with Crippen molar-refractivity contribution in [3.63, 3.8) is 0 Å². The molecule has 0 aliphatic heterocycles. The second-order valence-corrected chi connectivity index (χ2v) is 6.61. The Morgan fingerprint density at radius 1 is 1.05 bits per heavy atom. The van der Waals surface area contributed by atoms with Crippen molar-refractivity contribution >= 4 is 15.7 Å². The molecule has 0 heterocycles. The number of rotatable bonds is 3. The molecule has 0 atom stereocenters. The van der Waals surface area contributed by atoms with Gasteiger partial charge in [-0.15, -0.1) is 0 Å². The van der Waals surface area contributed by atoms with Gasteiger partial charge >= 0.3 is 0 Å². The molecule has 0 fully saturated rings. The highest BCUT2D eigenvalue weighted by Crippen LogP contribution is 2.29. The third-order valence-electron chi connectivity index (χ3n) is 3.09. The highest BCUT2D eigenvalue weighted by atomic mass is 32.2. The summed E-state index contributed by atoms with van der Waals surface area (Å²) in [5.41, 5.74) is 1.52. The average molecular weight is 309 g/mol. The Bertz CT molecular complexity index is 778. The minimum atomic E-state index is -3.90. The van der Waals surface area contributed by atoms with Crippen molar-refractivity contribution in [3.05, 3.63) is 52.8 Å². The van der Waals surface area contributed by atoms with Gasteiger partial charge in [-0.05, 0) is 61.7 Å². The van der Waals surface area contributed by atoms with Gasteiger partial charge in [0.05, 0.1) is 10.6 Å². The Labute approximate surface area is 123 Å². The highest BCUT2D eigenvalue weighted by molar-refractivity contribution is 7.92. The number of phenols is 1. The lowest BCUT2D eigenvalue weighted by atomic mass is 10.1. The number of phenolic OH excluding ortho intramolecular Hbond substituents is 1. The molecule has 2 aromatic rings. The molecule has 0 saturated carbocycles. The van der Waals surface area contributed by atoms with Crippen molar-refractivity contribution in [2.24, 2.45) is 0 Å². The zero-order chi connectivity index (χ0) is 15.8. The number of benzene rings is 2. The van der Waals surface area contributed by atoms with E-state index in [2.05, 4.69) is 4.72 Å². The third kappa shape index (κ3) is 3.16. The standard InChI is InChI=1S/C15H16FNO3S/c1-9-4-5-13(14(18)6-9)17-21(19,20)15-10(2)7-12(16)8-11(15)3/h4-8,17-18H,1-3H3. The van der Waals surface area contributed by atoms with Crippen molar-refractivity contribution in [2.75, 3.05) is 4.72 Å². The zero-order valence-corrected chi connectivity index (χ0v) is 12.8. The largest absolute Gasteiger partial charge is 0.506 e. The molecule has 0 amide bonds. The van der Waals surface area contributed by atoms with Gasteiger partial charge in [0.2, 0.25) is 0 Å². The van der Waals surface area contributed by atoms with Crippen LogP contribution in [0.2, 0.25) is 0 Å². The van der Waals surface area contributed by atoms with Crippen LogP contribution in [0.1, 0.15) is 16.7 Å². The molecule has 0 bridgehead atoms. The Morgan fingerprint density at radius 3 is 2.14 bits per heavy atom. The minimum Gasteiger partial charge on any atom is -0.506 e. The molecule has 0 aliphatic carbocycles. The quantitative estimate of drug-likeness (QED) is 0.855. The maximum Gasteiger partial charge on any atom is 0.262 e. The number of aromatic hydroxyl groups is 1. The van der Waals surface area contributed by atoms with Gasteiger partial charge in [-0.3, -0.25) is 4.72 Å². The first-order valence-electron chi connectivity index (χ1n) is 6.30. The molecule has 2 N–H and O–H groups in total. The van der Waals surface area contributed by atoms with E-state index in [1.165, 1.54) is 26.0 Å². The van der Waals surface area contributed by atoms with Crippen molar-refractivity contribution < 1.29 is 17.9 Å². The lowest BCUT2D eigenvalue weighted by molar-refractivity contribution is 0.477. The van der Waals surface area contributed by atoms with Gasteiger partial charge in [0, 0.05) is 0 Å². The van der Waals surface area contributed by atoms with Crippen LogP contribution < -0.4 is 4.72 Å². The number of hydrogen-bond acceptors (Lipinski definition) is 3. The van der Waals surface area contributed by atoms with Gasteiger partial charge in [0.1, 0.15) is 11.6 Å². The Kier molecular flexibility index (Phi) is 3.91. The van der Waals surface area contributed by atoms with Crippen molar-refractivity contribution in [3.8, 4) is 5.75 Å². The maximum atomic E-state index is 13.3. The van der Waals surface area contributed by atoms with E-state index in [0.717, 1.165) is 17.7 Å². The fourth-order valence-electron chi connectivity index (χ4n) is 2.25. The molecule has 0 aliphatic rings. The summed E-state index contributed by atoms with van der Waals surface area (Å²) >= 11 is 0. The average Bonchev–Trinajstić information content (AvgIpc) is 2.30. The lowest BCUT2D eigenvalue weighted by Crippen LogP contribution is -2.16. The topological polar surface area (TPSA) is 66.4 Å². The summed E-state index contributed by atoms with van der Waals surface area (Å²) < 4.78 is 40.5. The molecular formula is C15H16FNO3S. The van der Waals surface area contributed by atoms with Crippen molar-refractivity contribution in [2.45, 2.75) is 25.7 Å². The van der Waals surface area contributed by atoms with Crippen LogP contribution in [0.15, 0.2) is 35.2 Å². The molecule has 2 aromatic carbocycles. The Balaban J connectivity index is 2.48. The van der Waals surface area contributed by atoms with E-state index in [9.17, 15) is 17.9 Å². The van der Waals surface area contributed by atoms with E-state index >= 15 is 0 Å². The third-order valence-corrected chi connectivity index (χ3v) is 4.76. The van der Waals surface area contributed by atoms with Crippen LogP contribution in [0, 0.1) is 26.6 Å². The van der Waals surface area contributed by atoms with Crippen LogP contribution in [0.5, 0.6) is 5.75 Å². The summed E-state index contributed by atoms with van der Waals surface area (Å²) in [6.07, 6.45) is 0. The van der Waals surface area contributed by atoms with Gasteiger partial charge in [0.25, 0.3) is 10.0 Å². The lowest BCUT2D eigenvalue weighted by Gasteiger charge is -2.14. The van der Waals surface area contributed by atoms with E-state index in [1.807, 2.05) is 0 Å². The van der Waals surface area contributed by atoms with E-state index in [0.29, 0.717) is 11.1 Å². The van der Waals surface area contributed by atoms with E-state index in [4.69, 9.17) is 0 Å². The van der Waals surface area contributed by atoms with Crippen LogP contribution in [0.3, 0.4) is 0 Å². The summed E-state index contributed by atoms with van der Waals surface area (Å²) in [6.45, 7) is 4.84. The first-order chi connectivity index (χ1) is 9.70. The van der Waals surface area contributed by atoms with Crippen molar-refractivity contribution in [1.29, 1.82) is 0 Å². The first-order valence-corrected chi connectivity index (χ1v) is 7.78. The molecule has 0 radical (unpaired) electrons. The predicted octanol–water partition coefficient (Wildman–Crippen LogP) is 3.26. The van der Waals surface area contributed by atoms with Gasteiger partial charge in [-0.2, -0.15) is 0 Å². The SMILES string of the molecule is Cc1ccc(NS(=O)(=O)c2c(C)cc(F)cc2C)c(O)c1. The van der Waals surface area contributed by atoms with Crippen LogP contribution in [0.25, 0.3) is 0 Å². The molecule has 21 heavy (non-hydrogen) atoms. The number of hydrogen-bond donors (Lipinski definition) is 2. The maximum absolute atomic E-state index is 13.3. The molecule has 2 rings (SSSR count). The smallest absolute Gasteiger partial charge is 0.262 e. The van der Waals surface area contributed by atoms with Crippen molar-refractivity contribution in [1.82, 2.24) is 0 Å². The van der Waals surface area contributed by atoms with Crippen LogP contribution in [0.4, 0.5) is 10.1 Å². The summed E-state index contributed by atoms with van der Waals surface area (Å²) in [4.78, 5) is 0.0175. The summed E-state index contributed by atoms with van der Waals surface area (Å²) in [6, 6.07) is 6.95. The number of aryl methyl sites for hydroxylation is 3. The molecule has 0 spiro atoms. The normalized spacial score (nSPS) is 11.4. The summed E-state index contributed by atoms with van der Waals surface area (Å²) in [5, 5.41) is 9.80. The fraction of sp³-hybridized carbons (Fsp3) is 0.200. The first kappa shape index (κ1) is 15.3. The highest BCUT2D eigenvalue weighted by Gasteiger charge is 2.21. The molecule has 4 nitrogen and oxygen atoms in total. The van der Waals surface area contributed by atoms with Gasteiger partial charge in [0.15, 0.2) is 0 Å². The van der Waals surface area contributed by atoms with E-state index in [1.54, 1.807) is 13.0 Å². The summed E-state index contributed by atoms with van der Waals surface area (Å²) in [7, 11) is -3.90. The molecule has 0 aromatic heterocycles. The van der Waals surface area contributed by atoms with Gasteiger partial charge in [-0.25, -0.2) is 12.8 Å². The number of nitrogens with one attached hydrogen (secondary N) is 1. The fourth-order valence-corrected chi connectivity index (χ4v) is 3.77. The van der Waals surface area contributed by atoms with Crippen LogP contribution in [-0.4, -0.2) is 13.5 Å². The second-order valence-electron chi connectivity index (χ2n) is 4.99. The molecular weight excluding hydrogens is 293 g/mol. The van der Waals surface area contributed by atoms with E-state index in [-0.39, 0.29) is 16.3 Å². The van der Waals surface area contributed by atoms with E-state index < -0.39 is 15.8 Å². The van der Waals surface area contributed by atoms with Crippen LogP contribution >= 0.6 is 0 Å². The molecule has 0 saturated heterocycles. The number of anilines is 1. The van der Waals surface area contributed by atoms with Crippen LogP contribution in [-0.2, 0) is 10.0 Å². The molecule has 6 heteroatoms. The monoisotopic (exact) mass is 309 g/mol. The summed E-state index contributed by atoms with van der Waals surface area (Å²) in [5.74, 6) is -0.641. The number of halogens is 1. The predicted molar refractivity (Wildman–Crippen MR) is 79.5 cm³/mol. The zero-order valence-electron chi connectivity index (χ0n) is 11.9. The molecule has 112 valence electrons. The Morgan fingerprint density at radius 2 is 1.62 bits per heavy atom. The molecule has 0 unspecified atom stereocenters. The minimum absolute atomic E-state index is 0.0175. The van der Waals surface area contributed by atoms with Gasteiger partial charge in [-0.1, -0.05) is 6.07 Å².